The number of tetrazole rings is 1. The molecule has 0 aliphatic rings. The number of hydrogen-bond acceptors (Lipinski definition) is 7. The number of anilines is 1. The molecule has 2 rings (SSSR count). The highest BCUT2D eigenvalue weighted by molar-refractivity contribution is 6.33. The SMILES string of the molecule is COC(=O)c1ccc(NC=C(C#N)c2nn[nH]n2)c(Cl)c1. The number of aromatic nitrogens is 4. The minimum atomic E-state index is -0.483. The number of halogens is 1. The highest BCUT2D eigenvalue weighted by atomic mass is 35.5. The molecule has 0 spiro atoms. The van der Waals surface area contributed by atoms with E-state index in [1.807, 2.05) is 6.07 Å². The second kappa shape index (κ2) is 6.49. The number of carbonyl (C=O) groups is 1. The van der Waals surface area contributed by atoms with Gasteiger partial charge in [0.25, 0.3) is 0 Å². The van der Waals surface area contributed by atoms with E-state index < -0.39 is 5.97 Å². The summed E-state index contributed by atoms with van der Waals surface area (Å²) in [5.74, 6) is -0.323. The highest BCUT2D eigenvalue weighted by Crippen LogP contribution is 2.24. The number of aromatic amines is 1. The van der Waals surface area contributed by atoms with Crippen molar-refractivity contribution in [2.24, 2.45) is 0 Å². The van der Waals surface area contributed by atoms with Crippen LogP contribution in [0.2, 0.25) is 5.02 Å². The third kappa shape index (κ3) is 3.34. The van der Waals surface area contributed by atoms with Crippen molar-refractivity contribution in [3.05, 3.63) is 40.8 Å². The van der Waals surface area contributed by atoms with Gasteiger partial charge in [-0.05, 0) is 23.4 Å². The van der Waals surface area contributed by atoms with E-state index >= 15 is 0 Å². The van der Waals surface area contributed by atoms with Crippen molar-refractivity contribution in [1.29, 1.82) is 5.26 Å². The molecule has 0 amide bonds. The average molecular weight is 305 g/mol. The summed E-state index contributed by atoms with van der Waals surface area (Å²) in [6, 6.07) is 6.54. The van der Waals surface area contributed by atoms with Gasteiger partial charge in [0.05, 0.1) is 23.4 Å². The van der Waals surface area contributed by atoms with Crippen molar-refractivity contribution in [3.63, 3.8) is 0 Å². The predicted molar refractivity (Wildman–Crippen MR) is 74.2 cm³/mol. The van der Waals surface area contributed by atoms with Crippen molar-refractivity contribution in [3.8, 4) is 6.07 Å². The topological polar surface area (TPSA) is 117 Å². The second-order valence-corrected chi connectivity index (χ2v) is 4.14. The number of rotatable bonds is 4. The summed E-state index contributed by atoms with van der Waals surface area (Å²) in [4.78, 5) is 11.4. The Balaban J connectivity index is 2.21. The Bertz CT molecular complexity index is 720. The van der Waals surface area contributed by atoms with E-state index in [1.165, 1.54) is 19.4 Å². The first-order chi connectivity index (χ1) is 10.2. The van der Waals surface area contributed by atoms with E-state index in [4.69, 9.17) is 16.9 Å². The van der Waals surface area contributed by atoms with Gasteiger partial charge in [0.2, 0.25) is 5.82 Å². The van der Waals surface area contributed by atoms with Crippen LogP contribution in [0, 0.1) is 11.3 Å². The standard InChI is InChI=1S/C12H9ClN6O2/c1-21-12(20)7-2-3-10(9(13)4-7)15-6-8(5-14)11-16-18-19-17-11/h2-4,6,15H,1H3,(H,16,17,18,19). The Morgan fingerprint density at radius 1 is 1.57 bits per heavy atom. The first-order valence-corrected chi connectivity index (χ1v) is 6.02. The number of nitriles is 1. The van der Waals surface area contributed by atoms with E-state index in [-0.39, 0.29) is 11.4 Å². The molecule has 21 heavy (non-hydrogen) atoms. The van der Waals surface area contributed by atoms with Gasteiger partial charge in [0.1, 0.15) is 11.6 Å². The molecule has 9 heteroatoms. The van der Waals surface area contributed by atoms with Crippen LogP contribution in [0.4, 0.5) is 5.69 Å². The van der Waals surface area contributed by atoms with Gasteiger partial charge in [0, 0.05) is 6.20 Å². The molecule has 0 saturated heterocycles. The molecule has 0 unspecified atom stereocenters. The molecule has 0 bridgehead atoms. The van der Waals surface area contributed by atoms with Crippen LogP contribution >= 0.6 is 11.6 Å². The lowest BCUT2D eigenvalue weighted by atomic mass is 10.2. The Labute approximate surface area is 124 Å². The molecule has 1 aromatic carbocycles. The van der Waals surface area contributed by atoms with Crippen LogP contribution in [0.3, 0.4) is 0 Å². The maximum Gasteiger partial charge on any atom is 0.337 e. The van der Waals surface area contributed by atoms with Crippen molar-refractivity contribution in [1.82, 2.24) is 20.6 Å². The Morgan fingerprint density at radius 3 is 2.95 bits per heavy atom. The fourth-order valence-electron chi connectivity index (χ4n) is 1.45. The Morgan fingerprint density at radius 2 is 2.38 bits per heavy atom. The van der Waals surface area contributed by atoms with Gasteiger partial charge >= 0.3 is 5.97 Å². The molecule has 0 fully saturated rings. The number of allylic oxidation sites excluding steroid dienone is 1. The summed E-state index contributed by atoms with van der Waals surface area (Å²) >= 11 is 6.05. The summed E-state index contributed by atoms with van der Waals surface area (Å²) in [5.41, 5.74) is 1.02. The summed E-state index contributed by atoms with van der Waals surface area (Å²) in [6.45, 7) is 0. The fourth-order valence-corrected chi connectivity index (χ4v) is 1.68. The lowest BCUT2D eigenvalue weighted by Gasteiger charge is -2.06. The summed E-state index contributed by atoms with van der Waals surface area (Å²) in [7, 11) is 1.29. The lowest BCUT2D eigenvalue weighted by Crippen LogP contribution is -2.01. The first-order valence-electron chi connectivity index (χ1n) is 5.64. The van der Waals surface area contributed by atoms with Crippen LogP contribution in [0.15, 0.2) is 24.4 Å². The van der Waals surface area contributed by atoms with Crippen molar-refractivity contribution in [2.45, 2.75) is 0 Å². The lowest BCUT2D eigenvalue weighted by molar-refractivity contribution is 0.0601. The largest absolute Gasteiger partial charge is 0.465 e. The number of ether oxygens (including phenoxy) is 1. The molecule has 0 aliphatic carbocycles. The molecular weight excluding hydrogens is 296 g/mol. The number of carbonyl (C=O) groups excluding carboxylic acids is 1. The average Bonchev–Trinajstić information content (AvgIpc) is 3.02. The van der Waals surface area contributed by atoms with Crippen LogP contribution < -0.4 is 5.32 Å². The van der Waals surface area contributed by atoms with E-state index in [2.05, 4.69) is 30.7 Å². The van der Waals surface area contributed by atoms with Gasteiger partial charge in [-0.15, -0.1) is 10.2 Å². The van der Waals surface area contributed by atoms with Crippen LogP contribution in [-0.2, 0) is 4.74 Å². The first kappa shape index (κ1) is 14.5. The third-order valence-electron chi connectivity index (χ3n) is 2.47. The number of hydrogen-bond donors (Lipinski definition) is 2. The molecule has 0 aliphatic heterocycles. The molecule has 2 aromatic rings. The van der Waals surface area contributed by atoms with Crippen LogP contribution in [0.5, 0.6) is 0 Å². The molecule has 8 nitrogen and oxygen atoms in total. The zero-order valence-electron chi connectivity index (χ0n) is 10.8. The Kier molecular flexibility index (Phi) is 4.48. The summed E-state index contributed by atoms with van der Waals surface area (Å²) in [6.07, 6.45) is 1.39. The minimum Gasteiger partial charge on any atom is -0.465 e. The van der Waals surface area contributed by atoms with Crippen LogP contribution in [0.25, 0.3) is 5.57 Å². The number of esters is 1. The maximum absolute atomic E-state index is 11.4. The van der Waals surface area contributed by atoms with Crippen molar-refractivity contribution in [2.75, 3.05) is 12.4 Å². The van der Waals surface area contributed by atoms with Gasteiger partial charge in [-0.1, -0.05) is 11.6 Å². The van der Waals surface area contributed by atoms with Gasteiger partial charge in [-0.25, -0.2) is 4.79 Å². The van der Waals surface area contributed by atoms with Crippen molar-refractivity contribution >= 4 is 28.8 Å². The van der Waals surface area contributed by atoms with Gasteiger partial charge in [-0.3, -0.25) is 0 Å². The predicted octanol–water partition coefficient (Wildman–Crippen LogP) is 1.62. The molecule has 1 heterocycles. The zero-order chi connectivity index (χ0) is 15.2. The number of H-pyrrole nitrogens is 1. The Hall–Kier alpha value is -2.92. The molecule has 0 radical (unpaired) electrons. The molecule has 106 valence electrons. The number of methoxy groups -OCH3 is 1. The maximum atomic E-state index is 11.4. The fraction of sp³-hybridized carbons (Fsp3) is 0.0833. The van der Waals surface area contributed by atoms with Gasteiger partial charge < -0.3 is 10.1 Å². The van der Waals surface area contributed by atoms with Crippen LogP contribution in [-0.4, -0.2) is 33.7 Å². The van der Waals surface area contributed by atoms with E-state index in [0.717, 1.165) is 0 Å². The van der Waals surface area contributed by atoms with E-state index in [1.54, 1.807) is 12.1 Å². The third-order valence-corrected chi connectivity index (χ3v) is 2.78. The summed E-state index contributed by atoms with van der Waals surface area (Å²) in [5, 5.41) is 25.2. The smallest absolute Gasteiger partial charge is 0.337 e. The monoisotopic (exact) mass is 304 g/mol. The number of nitrogens with zero attached hydrogens (tertiary/aromatic N) is 4. The van der Waals surface area contributed by atoms with Crippen molar-refractivity contribution < 1.29 is 9.53 Å². The second-order valence-electron chi connectivity index (χ2n) is 3.74. The molecule has 0 atom stereocenters. The molecular formula is C12H9ClN6O2. The van der Waals surface area contributed by atoms with E-state index in [9.17, 15) is 4.79 Å². The van der Waals surface area contributed by atoms with Crippen LogP contribution in [0.1, 0.15) is 16.2 Å². The van der Waals surface area contributed by atoms with Gasteiger partial charge in [-0.2, -0.15) is 10.5 Å². The normalized spacial score (nSPS) is 10.8. The highest BCUT2D eigenvalue weighted by Gasteiger charge is 2.09. The summed E-state index contributed by atoms with van der Waals surface area (Å²) < 4.78 is 4.60. The molecule has 1 aromatic heterocycles. The molecule has 0 saturated carbocycles. The number of nitrogens with one attached hydrogen (secondary N) is 2. The minimum absolute atomic E-state index is 0.160. The number of benzene rings is 1. The van der Waals surface area contributed by atoms with Gasteiger partial charge in [0.15, 0.2) is 0 Å². The quantitative estimate of drug-likeness (QED) is 0.651. The zero-order valence-corrected chi connectivity index (χ0v) is 11.5. The van der Waals surface area contributed by atoms with E-state index in [0.29, 0.717) is 16.3 Å². The molecule has 2 N–H and O–H groups in total.